The van der Waals surface area contributed by atoms with E-state index in [9.17, 15) is 4.39 Å². The predicted molar refractivity (Wildman–Crippen MR) is 88.1 cm³/mol. The molecule has 1 aliphatic carbocycles. The van der Waals surface area contributed by atoms with E-state index >= 15 is 0 Å². The highest BCUT2D eigenvalue weighted by atomic mass is 19.1. The molecule has 2 rings (SSSR count). The Bertz CT molecular complexity index is 451. The maximum Gasteiger partial charge on any atom is 0.128 e. The SMILES string of the molecule is CCCNC(c1c(C)cc(C)cc1F)C1(CC)CCCC1. The first kappa shape index (κ1) is 16.5. The number of aryl methyl sites for hydroxylation is 2. The summed E-state index contributed by atoms with van der Waals surface area (Å²) in [6, 6.07) is 3.98. The zero-order valence-corrected chi connectivity index (χ0v) is 14.1. The van der Waals surface area contributed by atoms with Crippen molar-refractivity contribution >= 4 is 0 Å². The first-order valence-electron chi connectivity index (χ1n) is 8.54. The molecule has 0 aromatic heterocycles. The molecule has 2 heteroatoms. The molecule has 118 valence electrons. The van der Waals surface area contributed by atoms with Crippen LogP contribution >= 0.6 is 0 Å². The van der Waals surface area contributed by atoms with Gasteiger partial charge in [-0.1, -0.05) is 32.8 Å². The number of hydrogen-bond acceptors (Lipinski definition) is 1. The van der Waals surface area contributed by atoms with E-state index in [0.29, 0.717) is 0 Å². The molecule has 1 aromatic carbocycles. The Labute approximate surface area is 129 Å². The predicted octanol–water partition coefficient (Wildman–Crippen LogP) is 5.45. The average Bonchev–Trinajstić information content (AvgIpc) is 2.91. The summed E-state index contributed by atoms with van der Waals surface area (Å²) in [5.74, 6) is -0.0270. The van der Waals surface area contributed by atoms with Crippen molar-refractivity contribution in [1.82, 2.24) is 5.32 Å². The van der Waals surface area contributed by atoms with E-state index in [1.807, 2.05) is 6.92 Å². The van der Waals surface area contributed by atoms with Crippen molar-refractivity contribution in [3.63, 3.8) is 0 Å². The van der Waals surface area contributed by atoms with Crippen LogP contribution in [0, 0.1) is 25.1 Å². The highest BCUT2D eigenvalue weighted by Gasteiger charge is 2.41. The van der Waals surface area contributed by atoms with Crippen LogP contribution in [0.25, 0.3) is 0 Å². The summed E-state index contributed by atoms with van der Waals surface area (Å²) in [4.78, 5) is 0. The molecule has 0 aliphatic heterocycles. The van der Waals surface area contributed by atoms with Gasteiger partial charge in [0.2, 0.25) is 0 Å². The molecule has 1 fully saturated rings. The summed E-state index contributed by atoms with van der Waals surface area (Å²) in [6.45, 7) is 9.44. The van der Waals surface area contributed by atoms with Gasteiger partial charge >= 0.3 is 0 Å². The molecular weight excluding hydrogens is 261 g/mol. The van der Waals surface area contributed by atoms with E-state index < -0.39 is 0 Å². The normalized spacial score (nSPS) is 18.9. The lowest BCUT2D eigenvalue weighted by atomic mass is 9.72. The fraction of sp³-hybridized carbons (Fsp3) is 0.684. The zero-order chi connectivity index (χ0) is 15.5. The van der Waals surface area contributed by atoms with Crippen LogP contribution in [0.5, 0.6) is 0 Å². The highest BCUT2D eigenvalue weighted by Crippen LogP contribution is 2.51. The van der Waals surface area contributed by atoms with Gasteiger partial charge in [-0.25, -0.2) is 4.39 Å². The minimum Gasteiger partial charge on any atom is -0.309 e. The Kier molecular flexibility index (Phi) is 5.43. The third kappa shape index (κ3) is 3.31. The molecule has 0 spiro atoms. The Morgan fingerprint density at radius 1 is 1.19 bits per heavy atom. The van der Waals surface area contributed by atoms with Gasteiger partial charge in [0.1, 0.15) is 5.82 Å². The van der Waals surface area contributed by atoms with E-state index in [0.717, 1.165) is 36.1 Å². The molecule has 1 N–H and O–H groups in total. The molecule has 0 radical (unpaired) electrons. The second kappa shape index (κ2) is 6.91. The lowest BCUT2D eigenvalue weighted by molar-refractivity contribution is 0.183. The van der Waals surface area contributed by atoms with Crippen LogP contribution in [-0.2, 0) is 0 Å². The lowest BCUT2D eigenvalue weighted by Gasteiger charge is -2.39. The molecule has 1 atom stereocenters. The molecule has 1 aliphatic rings. The minimum atomic E-state index is -0.0270. The molecule has 0 bridgehead atoms. The summed E-state index contributed by atoms with van der Waals surface area (Å²) in [5, 5.41) is 3.68. The second-order valence-electron chi connectivity index (χ2n) is 6.79. The number of benzene rings is 1. The first-order valence-corrected chi connectivity index (χ1v) is 8.54. The molecule has 1 saturated carbocycles. The van der Waals surface area contributed by atoms with Crippen molar-refractivity contribution in [2.45, 2.75) is 72.3 Å². The molecular formula is C19H30FN. The van der Waals surface area contributed by atoms with Crippen LogP contribution in [0.15, 0.2) is 12.1 Å². The van der Waals surface area contributed by atoms with Crippen molar-refractivity contribution in [2.24, 2.45) is 5.41 Å². The number of rotatable bonds is 6. The van der Waals surface area contributed by atoms with Gasteiger partial charge < -0.3 is 5.32 Å². The van der Waals surface area contributed by atoms with Crippen LogP contribution in [-0.4, -0.2) is 6.54 Å². The van der Waals surface area contributed by atoms with E-state index in [4.69, 9.17) is 0 Å². The third-order valence-corrected chi connectivity index (χ3v) is 5.28. The minimum absolute atomic E-state index is 0.0270. The molecule has 0 amide bonds. The summed E-state index contributed by atoms with van der Waals surface area (Å²) < 4.78 is 14.7. The summed E-state index contributed by atoms with van der Waals surface area (Å²) in [7, 11) is 0. The highest BCUT2D eigenvalue weighted by molar-refractivity contribution is 5.36. The van der Waals surface area contributed by atoms with Gasteiger partial charge in [0.25, 0.3) is 0 Å². The summed E-state index contributed by atoms with van der Waals surface area (Å²) in [6.07, 6.45) is 7.22. The second-order valence-corrected chi connectivity index (χ2v) is 6.79. The lowest BCUT2D eigenvalue weighted by Crippen LogP contribution is -2.37. The van der Waals surface area contributed by atoms with Crippen molar-refractivity contribution in [3.05, 3.63) is 34.6 Å². The van der Waals surface area contributed by atoms with Crippen molar-refractivity contribution < 1.29 is 4.39 Å². The average molecular weight is 291 g/mol. The van der Waals surface area contributed by atoms with Crippen LogP contribution < -0.4 is 5.32 Å². The van der Waals surface area contributed by atoms with E-state index in [1.54, 1.807) is 6.07 Å². The molecule has 1 aromatic rings. The zero-order valence-electron chi connectivity index (χ0n) is 14.1. The maximum atomic E-state index is 14.7. The number of hydrogen-bond donors (Lipinski definition) is 1. The number of nitrogens with one attached hydrogen (secondary N) is 1. The van der Waals surface area contributed by atoms with Crippen LogP contribution in [0.4, 0.5) is 4.39 Å². The largest absolute Gasteiger partial charge is 0.309 e. The molecule has 0 saturated heterocycles. The quantitative estimate of drug-likeness (QED) is 0.734. The van der Waals surface area contributed by atoms with Gasteiger partial charge in [-0.2, -0.15) is 0 Å². The number of halogens is 1. The summed E-state index contributed by atoms with van der Waals surface area (Å²) >= 11 is 0. The van der Waals surface area contributed by atoms with Gasteiger partial charge in [-0.05, 0) is 68.7 Å². The smallest absolute Gasteiger partial charge is 0.128 e. The van der Waals surface area contributed by atoms with Gasteiger partial charge in [0.15, 0.2) is 0 Å². The van der Waals surface area contributed by atoms with Gasteiger partial charge in [-0.3, -0.25) is 0 Å². The Hall–Kier alpha value is -0.890. The van der Waals surface area contributed by atoms with Crippen LogP contribution in [0.3, 0.4) is 0 Å². The fourth-order valence-corrected chi connectivity index (χ4v) is 4.13. The standard InChI is InChI=1S/C19H30FN/c1-5-11-21-18(19(6-2)9-7-8-10-19)17-15(4)12-14(3)13-16(17)20/h12-13,18,21H,5-11H2,1-4H3. The van der Waals surface area contributed by atoms with E-state index in [2.05, 4.69) is 32.2 Å². The molecule has 1 unspecified atom stereocenters. The van der Waals surface area contributed by atoms with Crippen molar-refractivity contribution in [3.8, 4) is 0 Å². The van der Waals surface area contributed by atoms with Gasteiger partial charge in [-0.15, -0.1) is 0 Å². The van der Waals surface area contributed by atoms with Crippen molar-refractivity contribution in [1.29, 1.82) is 0 Å². The van der Waals surface area contributed by atoms with Crippen LogP contribution in [0.1, 0.15) is 75.1 Å². The Balaban J connectivity index is 2.45. The van der Waals surface area contributed by atoms with E-state index in [1.165, 1.54) is 25.7 Å². The first-order chi connectivity index (χ1) is 10.0. The van der Waals surface area contributed by atoms with Gasteiger partial charge in [0.05, 0.1) is 0 Å². The monoisotopic (exact) mass is 291 g/mol. The molecule has 0 heterocycles. The van der Waals surface area contributed by atoms with Gasteiger partial charge in [0, 0.05) is 11.6 Å². The Morgan fingerprint density at radius 3 is 2.38 bits per heavy atom. The maximum absolute atomic E-state index is 14.7. The molecule has 21 heavy (non-hydrogen) atoms. The third-order valence-electron chi connectivity index (χ3n) is 5.28. The summed E-state index contributed by atoms with van der Waals surface area (Å²) in [5.41, 5.74) is 3.26. The fourth-order valence-electron chi connectivity index (χ4n) is 4.13. The van der Waals surface area contributed by atoms with E-state index in [-0.39, 0.29) is 17.3 Å². The molecule has 1 nitrogen and oxygen atoms in total. The Morgan fingerprint density at radius 2 is 1.86 bits per heavy atom. The van der Waals surface area contributed by atoms with Crippen LogP contribution in [0.2, 0.25) is 0 Å². The topological polar surface area (TPSA) is 12.0 Å². The van der Waals surface area contributed by atoms with Crippen molar-refractivity contribution in [2.75, 3.05) is 6.54 Å².